The number of aryl methyl sites for hydroxylation is 1. The molecule has 1 aliphatic rings. The van der Waals surface area contributed by atoms with Gasteiger partial charge in [0.25, 0.3) is 11.8 Å². The van der Waals surface area contributed by atoms with Gasteiger partial charge in [0.05, 0.1) is 6.54 Å². The van der Waals surface area contributed by atoms with Gasteiger partial charge in [0.1, 0.15) is 5.70 Å². The summed E-state index contributed by atoms with van der Waals surface area (Å²) in [6.45, 7) is 8.74. The third kappa shape index (κ3) is 3.85. The fourth-order valence-corrected chi connectivity index (χ4v) is 2.83. The second kappa shape index (κ2) is 6.79. The first-order chi connectivity index (χ1) is 12.2. The smallest absolute Gasteiger partial charge is 0.277 e. The third-order valence-corrected chi connectivity index (χ3v) is 4.50. The number of nitrogens with one attached hydrogen (secondary N) is 1. The topological polar surface area (TPSA) is 49.4 Å². The molecule has 4 nitrogen and oxygen atoms in total. The van der Waals surface area contributed by atoms with Crippen molar-refractivity contribution in [1.82, 2.24) is 4.90 Å². The maximum absolute atomic E-state index is 12.6. The van der Waals surface area contributed by atoms with Crippen LogP contribution in [0.25, 0.3) is 0 Å². The Morgan fingerprint density at radius 1 is 0.923 bits per heavy atom. The molecule has 3 rings (SSSR count). The molecule has 0 atom stereocenters. The number of imide groups is 1. The fourth-order valence-electron chi connectivity index (χ4n) is 2.83. The van der Waals surface area contributed by atoms with Crippen molar-refractivity contribution in [2.45, 2.75) is 39.7 Å². The quantitative estimate of drug-likeness (QED) is 0.844. The standard InChI is InChI=1S/C22H24N2O2/c1-15-5-11-18(12-6-15)23-19-13-20(25)24(21(19)26)14-16-7-9-17(10-8-16)22(2,3)4/h5-13,23H,14H2,1-4H3. The second-order valence-corrected chi connectivity index (χ2v) is 7.73. The molecule has 26 heavy (non-hydrogen) atoms. The summed E-state index contributed by atoms with van der Waals surface area (Å²) in [5.74, 6) is -0.583. The Hall–Kier alpha value is -2.88. The Morgan fingerprint density at radius 3 is 2.12 bits per heavy atom. The van der Waals surface area contributed by atoms with Gasteiger partial charge in [-0.25, -0.2) is 0 Å². The van der Waals surface area contributed by atoms with Crippen molar-refractivity contribution in [2.75, 3.05) is 5.32 Å². The van der Waals surface area contributed by atoms with Crippen molar-refractivity contribution in [3.8, 4) is 0 Å². The van der Waals surface area contributed by atoms with E-state index in [2.05, 4.69) is 38.2 Å². The highest BCUT2D eigenvalue weighted by atomic mass is 16.2. The zero-order valence-electron chi connectivity index (χ0n) is 15.7. The number of amides is 2. The minimum absolute atomic E-state index is 0.0739. The van der Waals surface area contributed by atoms with Crippen LogP contribution in [0.2, 0.25) is 0 Å². The SMILES string of the molecule is Cc1ccc(NC2=CC(=O)N(Cc3ccc(C(C)(C)C)cc3)C2=O)cc1. The lowest BCUT2D eigenvalue weighted by Crippen LogP contribution is -2.31. The van der Waals surface area contributed by atoms with Gasteiger partial charge in [-0.1, -0.05) is 62.7 Å². The number of anilines is 1. The van der Waals surface area contributed by atoms with E-state index >= 15 is 0 Å². The molecule has 0 aromatic heterocycles. The van der Waals surface area contributed by atoms with Gasteiger partial charge in [-0.3, -0.25) is 14.5 Å². The van der Waals surface area contributed by atoms with Crippen molar-refractivity contribution in [2.24, 2.45) is 0 Å². The minimum atomic E-state index is -0.296. The highest BCUT2D eigenvalue weighted by Gasteiger charge is 2.31. The molecule has 1 heterocycles. The van der Waals surface area contributed by atoms with E-state index in [-0.39, 0.29) is 23.8 Å². The largest absolute Gasteiger partial charge is 0.351 e. The van der Waals surface area contributed by atoms with Gasteiger partial charge < -0.3 is 5.32 Å². The van der Waals surface area contributed by atoms with E-state index in [9.17, 15) is 9.59 Å². The van der Waals surface area contributed by atoms with Crippen LogP contribution in [0, 0.1) is 6.92 Å². The summed E-state index contributed by atoms with van der Waals surface area (Å²) >= 11 is 0. The van der Waals surface area contributed by atoms with Gasteiger partial charge >= 0.3 is 0 Å². The number of benzene rings is 2. The number of hydrogen-bond donors (Lipinski definition) is 1. The number of rotatable bonds is 4. The molecule has 2 aromatic carbocycles. The first-order valence-electron chi connectivity index (χ1n) is 8.75. The maximum atomic E-state index is 12.6. The molecule has 134 valence electrons. The third-order valence-electron chi connectivity index (χ3n) is 4.50. The monoisotopic (exact) mass is 348 g/mol. The normalized spacial score (nSPS) is 14.6. The van der Waals surface area contributed by atoms with Gasteiger partial charge in [-0.15, -0.1) is 0 Å². The summed E-state index contributed by atoms with van der Waals surface area (Å²) in [5.41, 5.74) is 4.47. The molecule has 0 fully saturated rings. The van der Waals surface area contributed by atoms with E-state index in [4.69, 9.17) is 0 Å². The van der Waals surface area contributed by atoms with Gasteiger partial charge in [-0.2, -0.15) is 0 Å². The Balaban J connectivity index is 1.70. The molecule has 0 unspecified atom stereocenters. The van der Waals surface area contributed by atoms with E-state index in [1.807, 2.05) is 43.3 Å². The summed E-state index contributed by atoms with van der Waals surface area (Å²) in [4.78, 5) is 26.1. The first kappa shape index (κ1) is 17.9. The van der Waals surface area contributed by atoms with Crippen LogP contribution in [0.5, 0.6) is 0 Å². The average molecular weight is 348 g/mol. The Bertz CT molecular complexity index is 857. The summed E-state index contributed by atoms with van der Waals surface area (Å²) in [6.07, 6.45) is 1.37. The molecular weight excluding hydrogens is 324 g/mol. The highest BCUT2D eigenvalue weighted by Crippen LogP contribution is 2.24. The average Bonchev–Trinajstić information content (AvgIpc) is 2.84. The molecule has 2 amide bonds. The molecule has 0 aliphatic carbocycles. The maximum Gasteiger partial charge on any atom is 0.277 e. The van der Waals surface area contributed by atoms with E-state index in [0.29, 0.717) is 5.70 Å². The molecule has 0 saturated carbocycles. The summed E-state index contributed by atoms with van der Waals surface area (Å²) in [7, 11) is 0. The van der Waals surface area contributed by atoms with Crippen molar-refractivity contribution < 1.29 is 9.59 Å². The van der Waals surface area contributed by atoms with Crippen LogP contribution in [0.3, 0.4) is 0 Å². The van der Waals surface area contributed by atoms with Crippen LogP contribution < -0.4 is 5.32 Å². The predicted octanol–water partition coefficient (Wildman–Crippen LogP) is 4.16. The summed E-state index contributed by atoms with van der Waals surface area (Å²) in [5, 5.41) is 3.04. The Kier molecular flexibility index (Phi) is 4.68. The summed E-state index contributed by atoms with van der Waals surface area (Å²) < 4.78 is 0. The van der Waals surface area contributed by atoms with Crippen molar-refractivity contribution >= 4 is 17.5 Å². The van der Waals surface area contributed by atoms with E-state index < -0.39 is 0 Å². The zero-order chi connectivity index (χ0) is 18.9. The lowest BCUT2D eigenvalue weighted by atomic mass is 9.87. The Morgan fingerprint density at radius 2 is 1.54 bits per heavy atom. The highest BCUT2D eigenvalue weighted by molar-refractivity contribution is 6.17. The number of nitrogens with zero attached hydrogens (tertiary/aromatic N) is 1. The lowest BCUT2D eigenvalue weighted by molar-refractivity contribution is -0.137. The fraction of sp³-hybridized carbons (Fsp3) is 0.273. The molecule has 2 aromatic rings. The van der Waals surface area contributed by atoms with Crippen molar-refractivity contribution in [3.63, 3.8) is 0 Å². The molecular formula is C22H24N2O2. The van der Waals surface area contributed by atoms with Crippen LogP contribution in [0.15, 0.2) is 60.3 Å². The lowest BCUT2D eigenvalue weighted by Gasteiger charge is -2.20. The first-order valence-corrected chi connectivity index (χ1v) is 8.75. The van der Waals surface area contributed by atoms with Gasteiger partial charge in [0.15, 0.2) is 0 Å². The molecule has 0 spiro atoms. The van der Waals surface area contributed by atoms with Crippen LogP contribution in [-0.4, -0.2) is 16.7 Å². The number of carbonyl (C=O) groups is 2. The number of carbonyl (C=O) groups excluding carboxylic acids is 2. The molecule has 0 bridgehead atoms. The molecule has 1 aliphatic heterocycles. The van der Waals surface area contributed by atoms with Crippen LogP contribution in [-0.2, 0) is 21.5 Å². The van der Waals surface area contributed by atoms with Gasteiger partial charge in [0.2, 0.25) is 0 Å². The van der Waals surface area contributed by atoms with Crippen LogP contribution >= 0.6 is 0 Å². The van der Waals surface area contributed by atoms with Gasteiger partial charge in [-0.05, 0) is 35.6 Å². The predicted molar refractivity (Wildman–Crippen MR) is 104 cm³/mol. The molecule has 1 N–H and O–H groups in total. The van der Waals surface area contributed by atoms with E-state index in [1.54, 1.807) is 0 Å². The van der Waals surface area contributed by atoms with E-state index in [1.165, 1.54) is 16.5 Å². The number of hydrogen-bond acceptors (Lipinski definition) is 3. The Labute approximate surface area is 154 Å². The molecule has 0 radical (unpaired) electrons. The van der Waals surface area contributed by atoms with Crippen molar-refractivity contribution in [3.05, 3.63) is 77.0 Å². The van der Waals surface area contributed by atoms with E-state index in [0.717, 1.165) is 16.8 Å². The molecule has 0 saturated heterocycles. The van der Waals surface area contributed by atoms with Crippen LogP contribution in [0.4, 0.5) is 5.69 Å². The van der Waals surface area contributed by atoms with Crippen molar-refractivity contribution in [1.29, 1.82) is 0 Å². The second-order valence-electron chi connectivity index (χ2n) is 7.73. The van der Waals surface area contributed by atoms with Gasteiger partial charge in [0, 0.05) is 11.8 Å². The zero-order valence-corrected chi connectivity index (χ0v) is 15.7. The van der Waals surface area contributed by atoms with Crippen LogP contribution in [0.1, 0.15) is 37.5 Å². The molecule has 4 heteroatoms. The summed E-state index contributed by atoms with van der Waals surface area (Å²) in [6, 6.07) is 15.8. The minimum Gasteiger partial charge on any atom is -0.351 e.